The highest BCUT2D eigenvalue weighted by Gasteiger charge is 2.05. The average Bonchev–Trinajstić information content (AvgIpc) is 3.15. The number of rotatable bonds is 0. The van der Waals surface area contributed by atoms with E-state index in [9.17, 15) is 0 Å². The van der Waals surface area contributed by atoms with E-state index >= 15 is 0 Å². The highest BCUT2D eigenvalue weighted by Crippen LogP contribution is 2.12. The summed E-state index contributed by atoms with van der Waals surface area (Å²) in [5.74, 6) is 3.14. The van der Waals surface area contributed by atoms with E-state index < -0.39 is 0 Å². The van der Waals surface area contributed by atoms with E-state index in [1.807, 2.05) is 24.3 Å². The van der Waals surface area contributed by atoms with Gasteiger partial charge in [0.1, 0.15) is 49.5 Å². The number of fused-ring (bicyclic) bond motifs is 4. The second-order valence-corrected chi connectivity index (χ2v) is 4.95. The molecule has 2 aromatic heterocycles. The topological polar surface area (TPSA) is 63.2 Å². The summed E-state index contributed by atoms with van der Waals surface area (Å²) >= 11 is 0. The van der Waals surface area contributed by atoms with Crippen LogP contribution in [-0.2, 0) is 45.4 Å². The van der Waals surface area contributed by atoms with E-state index in [0.717, 1.165) is 23.0 Å². The molecule has 0 aliphatic carbocycles. The first-order chi connectivity index (χ1) is 10.9. The normalized spacial score (nSPS) is 18.5. The first-order valence-corrected chi connectivity index (χ1v) is 7.36. The van der Waals surface area contributed by atoms with Gasteiger partial charge < -0.3 is 27.8 Å². The summed E-state index contributed by atoms with van der Waals surface area (Å²) in [6.07, 6.45) is 0. The molecule has 6 nitrogen and oxygen atoms in total. The molecule has 0 aromatic carbocycles. The maximum atomic E-state index is 5.60. The molecule has 6 heteroatoms. The molecule has 120 valence electrons. The Morgan fingerprint density at radius 2 is 0.727 bits per heavy atom. The van der Waals surface area contributed by atoms with Crippen molar-refractivity contribution < 1.29 is 27.8 Å². The van der Waals surface area contributed by atoms with E-state index in [1.165, 1.54) is 0 Å². The van der Waals surface area contributed by atoms with Crippen LogP contribution in [0.15, 0.2) is 33.1 Å². The third-order valence-corrected chi connectivity index (χ3v) is 3.16. The van der Waals surface area contributed by atoms with Gasteiger partial charge in [-0.25, -0.2) is 0 Å². The van der Waals surface area contributed by atoms with Crippen LogP contribution in [-0.4, -0.2) is 26.4 Å². The first kappa shape index (κ1) is 15.3. The van der Waals surface area contributed by atoms with Crippen molar-refractivity contribution in [2.45, 2.75) is 26.4 Å². The Bertz CT molecular complexity index is 463. The second kappa shape index (κ2) is 8.14. The highest BCUT2D eigenvalue weighted by atomic mass is 16.5. The zero-order valence-electron chi connectivity index (χ0n) is 12.4. The predicted octanol–water partition coefficient (Wildman–Crippen LogP) is 2.65. The first-order valence-electron chi connectivity index (χ1n) is 7.36. The van der Waals surface area contributed by atoms with Crippen LogP contribution in [0.25, 0.3) is 0 Å². The minimum atomic E-state index is 0.428. The molecule has 0 N–H and O–H groups in total. The van der Waals surface area contributed by atoms with Crippen molar-refractivity contribution in [1.29, 1.82) is 0 Å². The number of ether oxygens (including phenoxy) is 4. The van der Waals surface area contributed by atoms with Gasteiger partial charge >= 0.3 is 0 Å². The Morgan fingerprint density at radius 1 is 0.455 bits per heavy atom. The lowest BCUT2D eigenvalue weighted by Crippen LogP contribution is -2.05. The zero-order chi connectivity index (χ0) is 15.0. The van der Waals surface area contributed by atoms with Gasteiger partial charge in [0.05, 0.1) is 26.4 Å². The minimum Gasteiger partial charge on any atom is -0.461 e. The smallest absolute Gasteiger partial charge is 0.129 e. The standard InChI is InChI=1S/C16H20O6/c1-2-14-10-18-7-8-20-12-16-4-3-15(22-16)11-19-6-5-17-9-13(1)21-14/h1-4H,5-12H2. The molecule has 0 spiro atoms. The minimum absolute atomic E-state index is 0.428. The molecular weight excluding hydrogens is 288 g/mol. The van der Waals surface area contributed by atoms with E-state index in [-0.39, 0.29) is 0 Å². The van der Waals surface area contributed by atoms with Crippen LogP contribution >= 0.6 is 0 Å². The van der Waals surface area contributed by atoms with Crippen LogP contribution in [0.1, 0.15) is 23.0 Å². The fourth-order valence-corrected chi connectivity index (χ4v) is 2.08. The van der Waals surface area contributed by atoms with Gasteiger partial charge in [0.2, 0.25) is 0 Å². The number of hydrogen-bond acceptors (Lipinski definition) is 6. The highest BCUT2D eigenvalue weighted by molar-refractivity contribution is 5.06. The Hall–Kier alpha value is -1.60. The summed E-state index contributed by atoms with van der Waals surface area (Å²) in [6.45, 7) is 3.72. The molecule has 3 rings (SSSR count). The molecule has 0 saturated heterocycles. The predicted molar refractivity (Wildman–Crippen MR) is 76.0 cm³/mol. The fraction of sp³-hybridized carbons (Fsp3) is 0.500. The third-order valence-electron chi connectivity index (χ3n) is 3.16. The SMILES string of the molecule is c1cc2oc1COCCOCc1ccc(o1)COCCOC2. The molecule has 0 fully saturated rings. The van der Waals surface area contributed by atoms with Gasteiger partial charge in [-0.2, -0.15) is 0 Å². The maximum absolute atomic E-state index is 5.60. The maximum Gasteiger partial charge on any atom is 0.129 e. The second-order valence-electron chi connectivity index (χ2n) is 4.95. The number of hydrogen-bond donors (Lipinski definition) is 0. The van der Waals surface area contributed by atoms with Crippen LogP contribution in [0.2, 0.25) is 0 Å². The van der Waals surface area contributed by atoms with E-state index in [2.05, 4.69) is 0 Å². The summed E-state index contributed by atoms with van der Waals surface area (Å²) in [7, 11) is 0. The lowest BCUT2D eigenvalue weighted by Gasteiger charge is -2.05. The molecule has 1 aliphatic heterocycles. The van der Waals surface area contributed by atoms with Crippen LogP contribution < -0.4 is 0 Å². The van der Waals surface area contributed by atoms with Crippen molar-refractivity contribution in [1.82, 2.24) is 0 Å². The monoisotopic (exact) mass is 308 g/mol. The lowest BCUT2D eigenvalue weighted by atomic mass is 10.4. The van der Waals surface area contributed by atoms with Gasteiger partial charge in [0.15, 0.2) is 0 Å². The zero-order valence-corrected chi connectivity index (χ0v) is 12.4. The molecule has 0 amide bonds. The van der Waals surface area contributed by atoms with Crippen molar-refractivity contribution in [2.24, 2.45) is 0 Å². The Labute approximate surface area is 128 Å². The summed E-state index contributed by atoms with van der Waals surface area (Å²) in [4.78, 5) is 0. The van der Waals surface area contributed by atoms with Gasteiger partial charge in [0.25, 0.3) is 0 Å². The van der Waals surface area contributed by atoms with Crippen LogP contribution in [0.4, 0.5) is 0 Å². The van der Waals surface area contributed by atoms with Crippen LogP contribution in [0.5, 0.6) is 0 Å². The Kier molecular flexibility index (Phi) is 5.66. The van der Waals surface area contributed by atoms with Gasteiger partial charge in [0, 0.05) is 0 Å². The summed E-state index contributed by atoms with van der Waals surface area (Å²) in [5, 5.41) is 0. The molecule has 0 saturated carbocycles. The van der Waals surface area contributed by atoms with E-state index in [0.29, 0.717) is 52.9 Å². The summed E-state index contributed by atoms with van der Waals surface area (Å²) in [5.41, 5.74) is 0. The molecule has 0 atom stereocenters. The molecule has 2 aromatic rings. The summed E-state index contributed by atoms with van der Waals surface area (Å²) < 4.78 is 33.2. The van der Waals surface area contributed by atoms with Crippen LogP contribution in [0.3, 0.4) is 0 Å². The van der Waals surface area contributed by atoms with Crippen molar-refractivity contribution >= 4 is 0 Å². The van der Waals surface area contributed by atoms with Gasteiger partial charge in [-0.3, -0.25) is 0 Å². The van der Waals surface area contributed by atoms with E-state index in [1.54, 1.807) is 0 Å². The Morgan fingerprint density at radius 3 is 1.00 bits per heavy atom. The fourth-order valence-electron chi connectivity index (χ4n) is 2.08. The molecule has 4 bridgehead atoms. The van der Waals surface area contributed by atoms with Crippen molar-refractivity contribution in [2.75, 3.05) is 26.4 Å². The van der Waals surface area contributed by atoms with Gasteiger partial charge in [-0.05, 0) is 24.3 Å². The van der Waals surface area contributed by atoms with Gasteiger partial charge in [-0.15, -0.1) is 0 Å². The quantitative estimate of drug-likeness (QED) is 0.745. The Balaban J connectivity index is 1.53. The summed E-state index contributed by atoms with van der Waals surface area (Å²) in [6, 6.07) is 7.59. The molecule has 22 heavy (non-hydrogen) atoms. The van der Waals surface area contributed by atoms with Crippen molar-refractivity contribution in [3.8, 4) is 0 Å². The molecule has 1 aliphatic rings. The molecule has 0 radical (unpaired) electrons. The molecular formula is C16H20O6. The van der Waals surface area contributed by atoms with Gasteiger partial charge in [-0.1, -0.05) is 0 Å². The molecule has 0 unspecified atom stereocenters. The van der Waals surface area contributed by atoms with E-state index in [4.69, 9.17) is 27.8 Å². The van der Waals surface area contributed by atoms with Crippen LogP contribution in [0, 0.1) is 0 Å². The average molecular weight is 308 g/mol. The van der Waals surface area contributed by atoms with Crippen molar-refractivity contribution in [3.63, 3.8) is 0 Å². The third kappa shape index (κ3) is 4.71. The van der Waals surface area contributed by atoms with Crippen molar-refractivity contribution in [3.05, 3.63) is 47.3 Å². The lowest BCUT2D eigenvalue weighted by molar-refractivity contribution is 0.0115. The molecule has 3 heterocycles. The largest absolute Gasteiger partial charge is 0.461 e. The number of furan rings is 2.